The lowest BCUT2D eigenvalue weighted by molar-refractivity contribution is -0.137. The van der Waals surface area contributed by atoms with Gasteiger partial charge in [-0.25, -0.2) is 0 Å². The van der Waals surface area contributed by atoms with Crippen LogP contribution in [0.15, 0.2) is 0 Å². The molecule has 0 radical (unpaired) electrons. The Bertz CT molecular complexity index is 178. The van der Waals surface area contributed by atoms with Gasteiger partial charge in [0, 0.05) is 25.0 Å². The van der Waals surface area contributed by atoms with Crippen molar-refractivity contribution >= 4 is 37.1 Å². The summed E-state index contributed by atoms with van der Waals surface area (Å²) in [5.74, 6) is -0.0985. The van der Waals surface area contributed by atoms with E-state index < -0.39 is 12.0 Å². The van der Waals surface area contributed by atoms with E-state index in [4.69, 9.17) is 10.8 Å². The lowest BCUT2D eigenvalue weighted by Gasteiger charge is -1.96. The molecule has 0 aliphatic rings. The second-order valence-electron chi connectivity index (χ2n) is 2.33. The second kappa shape index (κ2) is 10.7. The molecule has 1 unspecified atom stereocenters. The Morgan fingerprint density at radius 3 is 2.07 bits per heavy atom. The molecule has 7 heteroatoms. The van der Waals surface area contributed by atoms with Crippen LogP contribution in [0.25, 0.3) is 0 Å². The molecule has 0 bridgehead atoms. The van der Waals surface area contributed by atoms with Crippen molar-refractivity contribution in [3.8, 4) is 0 Å². The van der Waals surface area contributed by atoms with Gasteiger partial charge in [0.05, 0.1) is 0 Å². The average Bonchev–Trinajstić information content (AvgIpc) is 2.14. The number of hydrogen-bond acceptors (Lipinski definition) is 5. The van der Waals surface area contributed by atoms with Crippen LogP contribution in [-0.2, 0) is 9.59 Å². The molecule has 0 aromatic heterocycles. The number of carbonyl (C=O) groups excluding carboxylic acids is 1. The van der Waals surface area contributed by atoms with Crippen molar-refractivity contribution in [3.05, 3.63) is 0 Å². The fraction of sp³-hybridized carbons (Fsp3) is 0.714. The Labute approximate surface area is 94.3 Å². The molecule has 5 nitrogen and oxygen atoms in total. The van der Waals surface area contributed by atoms with Gasteiger partial charge in [0.15, 0.2) is 0 Å². The van der Waals surface area contributed by atoms with Crippen molar-refractivity contribution in [2.45, 2.75) is 13.0 Å². The van der Waals surface area contributed by atoms with Gasteiger partial charge in [-0.1, -0.05) is 0 Å². The van der Waals surface area contributed by atoms with Crippen LogP contribution in [0.3, 0.4) is 0 Å². The summed E-state index contributed by atoms with van der Waals surface area (Å²) in [6.07, 6.45) is 0. The molecule has 0 aromatic rings. The first-order valence-corrected chi connectivity index (χ1v) is 5.16. The Morgan fingerprint density at radius 1 is 1.50 bits per heavy atom. The molecule has 0 spiro atoms. The number of nitrogens with one attached hydrogen (secondary N) is 1. The van der Waals surface area contributed by atoms with Gasteiger partial charge in [0.1, 0.15) is 6.04 Å². The highest BCUT2D eigenvalue weighted by Gasteiger charge is 2.06. The van der Waals surface area contributed by atoms with E-state index in [1.165, 1.54) is 6.92 Å². The van der Waals surface area contributed by atoms with Crippen LogP contribution in [0.4, 0.5) is 0 Å². The van der Waals surface area contributed by atoms with Crippen LogP contribution in [0.5, 0.6) is 0 Å². The van der Waals surface area contributed by atoms with Gasteiger partial charge in [-0.2, -0.15) is 25.3 Å². The van der Waals surface area contributed by atoms with Crippen molar-refractivity contribution in [2.75, 3.05) is 18.1 Å². The summed E-state index contributed by atoms with van der Waals surface area (Å²) < 4.78 is 0. The number of carbonyl (C=O) groups is 2. The highest BCUT2D eigenvalue weighted by Crippen LogP contribution is 1.80. The number of amides is 1. The maximum atomic E-state index is 10.1. The molecule has 0 aliphatic heterocycles. The van der Waals surface area contributed by atoms with Crippen LogP contribution >= 0.6 is 25.3 Å². The first-order valence-electron chi connectivity index (χ1n) is 3.90. The minimum Gasteiger partial charge on any atom is -0.480 e. The third-order valence-electron chi connectivity index (χ3n) is 1.000. The van der Waals surface area contributed by atoms with Crippen LogP contribution < -0.4 is 11.1 Å². The zero-order valence-electron chi connectivity index (χ0n) is 7.93. The maximum absolute atomic E-state index is 10.1. The quantitative estimate of drug-likeness (QED) is 0.424. The molecule has 4 N–H and O–H groups in total. The van der Waals surface area contributed by atoms with Crippen molar-refractivity contribution in [2.24, 2.45) is 5.73 Å². The van der Waals surface area contributed by atoms with Crippen LogP contribution in [-0.4, -0.2) is 41.1 Å². The number of rotatable bonds is 4. The van der Waals surface area contributed by atoms with Gasteiger partial charge in [-0.05, 0) is 0 Å². The first kappa shape index (κ1) is 16.0. The zero-order chi connectivity index (χ0) is 11.6. The number of carboxylic acid groups (broad SMARTS) is 1. The first-order chi connectivity index (χ1) is 6.45. The van der Waals surface area contributed by atoms with Crippen LogP contribution in [0.2, 0.25) is 0 Å². The molecular weight excluding hydrogens is 224 g/mol. The Hall–Kier alpha value is -0.400. The summed E-state index contributed by atoms with van der Waals surface area (Å²) in [6.45, 7) is 2.15. The summed E-state index contributed by atoms with van der Waals surface area (Å²) in [5, 5.41) is 10.6. The topological polar surface area (TPSA) is 92.4 Å². The molecule has 0 fully saturated rings. The van der Waals surface area contributed by atoms with Gasteiger partial charge in [0.25, 0.3) is 0 Å². The number of hydrogen-bond donors (Lipinski definition) is 5. The molecule has 0 rings (SSSR count). The van der Waals surface area contributed by atoms with E-state index in [0.29, 0.717) is 12.3 Å². The lowest BCUT2D eigenvalue weighted by atomic mass is 10.4. The maximum Gasteiger partial charge on any atom is 0.321 e. The summed E-state index contributed by atoms with van der Waals surface area (Å²) in [5.41, 5.74) is 4.94. The van der Waals surface area contributed by atoms with Gasteiger partial charge in [-0.3, -0.25) is 9.59 Å². The zero-order valence-corrected chi connectivity index (χ0v) is 9.72. The van der Waals surface area contributed by atoms with Gasteiger partial charge in [-0.15, -0.1) is 0 Å². The van der Waals surface area contributed by atoms with E-state index in [2.05, 4.69) is 30.6 Å². The van der Waals surface area contributed by atoms with Gasteiger partial charge >= 0.3 is 5.97 Å². The summed E-state index contributed by atoms with van der Waals surface area (Å²) >= 11 is 7.53. The minimum atomic E-state index is -1.00. The lowest BCUT2D eigenvalue weighted by Crippen LogP contribution is -2.31. The van der Waals surface area contributed by atoms with Crippen molar-refractivity contribution in [3.63, 3.8) is 0 Å². The molecule has 0 aliphatic carbocycles. The molecular formula is C7H16N2O3S2. The predicted molar refractivity (Wildman–Crippen MR) is 62.0 cm³/mol. The molecule has 0 aromatic carbocycles. The molecule has 1 amide bonds. The van der Waals surface area contributed by atoms with E-state index in [9.17, 15) is 9.59 Å². The Morgan fingerprint density at radius 2 is 2.00 bits per heavy atom. The third kappa shape index (κ3) is 14.1. The number of carboxylic acids is 1. The molecule has 84 valence electrons. The summed E-state index contributed by atoms with van der Waals surface area (Å²) in [6, 6.07) is -0.816. The average molecular weight is 240 g/mol. The standard InChI is InChI=1S/C4H9NOS.C3H7NO2S/c1-4(6)5-2-3-7;4-2(1-7)3(5)6/h7H,2-3H2,1H3,(H,5,6);2,7H,1,4H2,(H,5,6). The second-order valence-corrected chi connectivity index (χ2v) is 3.15. The van der Waals surface area contributed by atoms with Crippen molar-refractivity contribution < 1.29 is 14.7 Å². The van der Waals surface area contributed by atoms with E-state index in [1.807, 2.05) is 0 Å². The monoisotopic (exact) mass is 240 g/mol. The largest absolute Gasteiger partial charge is 0.480 e. The van der Waals surface area contributed by atoms with Crippen LogP contribution in [0.1, 0.15) is 6.92 Å². The van der Waals surface area contributed by atoms with Gasteiger partial charge < -0.3 is 16.2 Å². The molecule has 14 heavy (non-hydrogen) atoms. The fourth-order valence-electron chi connectivity index (χ4n) is 0.310. The number of nitrogens with two attached hydrogens (primary N) is 1. The summed E-state index contributed by atoms with van der Waals surface area (Å²) in [7, 11) is 0. The van der Waals surface area contributed by atoms with E-state index >= 15 is 0 Å². The summed E-state index contributed by atoms with van der Waals surface area (Å²) in [4.78, 5) is 19.8. The number of aliphatic carboxylic acids is 1. The van der Waals surface area contributed by atoms with Crippen LogP contribution in [0, 0.1) is 0 Å². The molecule has 0 saturated heterocycles. The Kier molecular flexibility index (Phi) is 12.2. The van der Waals surface area contributed by atoms with Crippen molar-refractivity contribution in [1.82, 2.24) is 5.32 Å². The molecule has 0 heterocycles. The Balaban J connectivity index is 0. The fourth-order valence-corrected chi connectivity index (χ4v) is 0.578. The SMILES string of the molecule is CC(=O)NCCS.NC(CS)C(=O)O. The number of thiol groups is 2. The third-order valence-corrected chi connectivity index (χ3v) is 1.62. The minimum absolute atomic E-state index is 0.00838. The molecule has 1 atom stereocenters. The van der Waals surface area contributed by atoms with E-state index in [1.54, 1.807) is 0 Å². The van der Waals surface area contributed by atoms with Gasteiger partial charge in [0.2, 0.25) is 5.91 Å². The highest BCUT2D eigenvalue weighted by atomic mass is 32.1. The highest BCUT2D eigenvalue weighted by molar-refractivity contribution is 7.80. The van der Waals surface area contributed by atoms with E-state index in [0.717, 1.165) is 0 Å². The molecule has 0 saturated carbocycles. The normalized spacial score (nSPS) is 10.9. The van der Waals surface area contributed by atoms with Crippen molar-refractivity contribution in [1.29, 1.82) is 0 Å². The predicted octanol–water partition coefficient (Wildman–Crippen LogP) is -0.620. The smallest absolute Gasteiger partial charge is 0.321 e. The van der Waals surface area contributed by atoms with E-state index in [-0.39, 0.29) is 11.7 Å².